The van der Waals surface area contributed by atoms with Crippen molar-refractivity contribution < 1.29 is 5.11 Å². The lowest BCUT2D eigenvalue weighted by atomic mass is 10.2. The van der Waals surface area contributed by atoms with E-state index < -0.39 is 0 Å². The zero-order chi connectivity index (χ0) is 8.55. The van der Waals surface area contributed by atoms with Crippen LogP contribution in [0, 0.1) is 4.64 Å². The van der Waals surface area contributed by atoms with Crippen LogP contribution in [0.2, 0.25) is 0 Å². The summed E-state index contributed by atoms with van der Waals surface area (Å²) in [6.45, 7) is 0. The van der Waals surface area contributed by atoms with Crippen molar-refractivity contribution in [3.05, 3.63) is 35.1 Å². The summed E-state index contributed by atoms with van der Waals surface area (Å²) in [7, 11) is 0. The molecule has 0 saturated carbocycles. The first-order chi connectivity index (χ1) is 5.79. The first-order valence-electron chi connectivity index (χ1n) is 3.58. The first kappa shape index (κ1) is 7.31. The standard InChI is InChI=1S/C9H7NOS/c11-8-5-10-9(12)7-4-2-1-3-6(7)8/h1-5,11H,(H,10,12). The average molecular weight is 177 g/mol. The van der Waals surface area contributed by atoms with Gasteiger partial charge >= 0.3 is 0 Å². The van der Waals surface area contributed by atoms with Crippen LogP contribution in [0.3, 0.4) is 0 Å². The van der Waals surface area contributed by atoms with Gasteiger partial charge in [0.25, 0.3) is 0 Å². The average Bonchev–Trinajstić information content (AvgIpc) is 2.12. The Morgan fingerprint density at radius 2 is 1.83 bits per heavy atom. The lowest BCUT2D eigenvalue weighted by molar-refractivity contribution is 0.479. The van der Waals surface area contributed by atoms with E-state index in [4.69, 9.17) is 12.2 Å². The molecule has 0 saturated heterocycles. The van der Waals surface area contributed by atoms with Gasteiger partial charge < -0.3 is 10.1 Å². The minimum atomic E-state index is 0.235. The fourth-order valence-corrected chi connectivity index (χ4v) is 1.43. The van der Waals surface area contributed by atoms with Gasteiger partial charge in [-0.05, 0) is 0 Å². The number of hydrogen-bond acceptors (Lipinski definition) is 2. The van der Waals surface area contributed by atoms with Crippen LogP contribution >= 0.6 is 12.2 Å². The minimum absolute atomic E-state index is 0.235. The molecule has 0 aliphatic heterocycles. The highest BCUT2D eigenvalue weighted by Crippen LogP contribution is 2.22. The number of fused-ring (bicyclic) bond motifs is 1. The SMILES string of the molecule is Oc1c[nH]c(=S)c2ccccc12. The molecular weight excluding hydrogens is 170 g/mol. The number of aromatic nitrogens is 1. The molecule has 1 heterocycles. The summed E-state index contributed by atoms with van der Waals surface area (Å²) in [5.74, 6) is 0.235. The molecule has 0 amide bonds. The maximum absolute atomic E-state index is 9.42. The number of benzene rings is 1. The van der Waals surface area contributed by atoms with Gasteiger partial charge in [-0.25, -0.2) is 0 Å². The summed E-state index contributed by atoms with van der Waals surface area (Å²) >= 11 is 5.05. The number of rotatable bonds is 0. The molecule has 0 fully saturated rings. The van der Waals surface area contributed by atoms with Crippen molar-refractivity contribution >= 4 is 23.0 Å². The lowest BCUT2D eigenvalue weighted by Gasteiger charge is -1.98. The highest BCUT2D eigenvalue weighted by Gasteiger charge is 1.98. The summed E-state index contributed by atoms with van der Waals surface area (Å²) in [6.07, 6.45) is 1.50. The largest absolute Gasteiger partial charge is 0.506 e. The summed E-state index contributed by atoms with van der Waals surface area (Å²) in [5, 5.41) is 11.1. The van der Waals surface area contributed by atoms with Crippen LogP contribution in [0.15, 0.2) is 30.5 Å². The van der Waals surface area contributed by atoms with Crippen LogP contribution in [-0.4, -0.2) is 10.1 Å². The number of hydrogen-bond donors (Lipinski definition) is 2. The van der Waals surface area contributed by atoms with Crippen molar-refractivity contribution in [3.8, 4) is 5.75 Å². The highest BCUT2D eigenvalue weighted by molar-refractivity contribution is 7.71. The summed E-state index contributed by atoms with van der Waals surface area (Å²) in [5.41, 5.74) is 0. The molecule has 0 aliphatic carbocycles. The Labute approximate surface area is 74.5 Å². The summed E-state index contributed by atoms with van der Waals surface area (Å²) in [4.78, 5) is 2.81. The van der Waals surface area contributed by atoms with Crippen molar-refractivity contribution in [2.45, 2.75) is 0 Å². The fourth-order valence-electron chi connectivity index (χ4n) is 1.19. The van der Waals surface area contributed by atoms with Crippen LogP contribution in [0.4, 0.5) is 0 Å². The Balaban J connectivity index is 3.05. The molecule has 2 N–H and O–H groups in total. The van der Waals surface area contributed by atoms with Crippen molar-refractivity contribution in [2.24, 2.45) is 0 Å². The molecule has 60 valence electrons. The number of nitrogens with one attached hydrogen (secondary N) is 1. The first-order valence-corrected chi connectivity index (χ1v) is 3.99. The molecule has 2 nitrogen and oxygen atoms in total. The van der Waals surface area contributed by atoms with Gasteiger partial charge in [0.05, 0.1) is 0 Å². The molecule has 0 unspecified atom stereocenters. The van der Waals surface area contributed by atoms with Gasteiger partial charge in [0, 0.05) is 17.0 Å². The van der Waals surface area contributed by atoms with Gasteiger partial charge in [-0.3, -0.25) is 0 Å². The second-order valence-electron chi connectivity index (χ2n) is 2.55. The Morgan fingerprint density at radius 1 is 1.17 bits per heavy atom. The predicted octanol–water partition coefficient (Wildman–Crippen LogP) is 2.60. The van der Waals surface area contributed by atoms with Gasteiger partial charge in [0.15, 0.2) is 0 Å². The second kappa shape index (κ2) is 2.60. The third-order valence-electron chi connectivity index (χ3n) is 1.79. The Bertz CT molecular complexity index is 475. The van der Waals surface area contributed by atoms with Gasteiger partial charge in [-0.2, -0.15) is 0 Å². The van der Waals surface area contributed by atoms with Gasteiger partial charge in [-0.15, -0.1) is 0 Å². The van der Waals surface area contributed by atoms with Crippen LogP contribution in [0.5, 0.6) is 5.75 Å². The molecule has 3 heteroatoms. The number of pyridine rings is 1. The van der Waals surface area contributed by atoms with Crippen LogP contribution in [-0.2, 0) is 0 Å². The Hall–Kier alpha value is -1.35. The van der Waals surface area contributed by atoms with E-state index in [2.05, 4.69) is 4.98 Å². The third-order valence-corrected chi connectivity index (χ3v) is 2.13. The van der Waals surface area contributed by atoms with E-state index in [-0.39, 0.29) is 5.75 Å². The van der Waals surface area contributed by atoms with E-state index in [0.717, 1.165) is 10.8 Å². The summed E-state index contributed by atoms with van der Waals surface area (Å²) in [6, 6.07) is 7.49. The maximum Gasteiger partial charge on any atom is 0.139 e. The van der Waals surface area contributed by atoms with Crippen molar-refractivity contribution in [1.82, 2.24) is 4.98 Å². The van der Waals surface area contributed by atoms with Crippen molar-refractivity contribution in [2.75, 3.05) is 0 Å². The fraction of sp³-hybridized carbons (Fsp3) is 0. The molecule has 12 heavy (non-hydrogen) atoms. The molecule has 1 aromatic heterocycles. The van der Waals surface area contributed by atoms with Crippen LogP contribution < -0.4 is 0 Å². The normalized spacial score (nSPS) is 10.3. The molecule has 0 radical (unpaired) electrons. The van der Waals surface area contributed by atoms with Crippen LogP contribution in [0.25, 0.3) is 10.8 Å². The van der Waals surface area contributed by atoms with E-state index in [1.54, 1.807) is 0 Å². The van der Waals surface area contributed by atoms with Crippen molar-refractivity contribution in [1.29, 1.82) is 0 Å². The maximum atomic E-state index is 9.42. The summed E-state index contributed by atoms with van der Waals surface area (Å²) < 4.78 is 0.656. The quantitative estimate of drug-likeness (QED) is 0.607. The van der Waals surface area contributed by atoms with Gasteiger partial charge in [0.2, 0.25) is 0 Å². The van der Waals surface area contributed by atoms with Gasteiger partial charge in [0.1, 0.15) is 10.4 Å². The lowest BCUT2D eigenvalue weighted by Crippen LogP contribution is -1.78. The molecule has 2 rings (SSSR count). The third kappa shape index (κ3) is 0.987. The van der Waals surface area contributed by atoms with E-state index in [1.807, 2.05) is 24.3 Å². The zero-order valence-corrected chi connectivity index (χ0v) is 7.06. The van der Waals surface area contributed by atoms with E-state index in [9.17, 15) is 5.11 Å². The van der Waals surface area contributed by atoms with E-state index >= 15 is 0 Å². The Morgan fingerprint density at radius 3 is 2.50 bits per heavy atom. The number of aromatic amines is 1. The van der Waals surface area contributed by atoms with E-state index in [1.165, 1.54) is 6.20 Å². The highest BCUT2D eigenvalue weighted by atomic mass is 32.1. The van der Waals surface area contributed by atoms with Crippen molar-refractivity contribution in [3.63, 3.8) is 0 Å². The van der Waals surface area contributed by atoms with E-state index in [0.29, 0.717) is 4.64 Å². The molecule has 2 aromatic rings. The molecule has 1 aromatic carbocycles. The Kier molecular flexibility index (Phi) is 1.59. The zero-order valence-electron chi connectivity index (χ0n) is 6.24. The number of H-pyrrole nitrogens is 1. The molecule has 0 aliphatic rings. The molecular formula is C9H7NOS. The molecule has 0 bridgehead atoms. The molecule has 0 spiro atoms. The monoisotopic (exact) mass is 177 g/mol. The smallest absolute Gasteiger partial charge is 0.139 e. The van der Waals surface area contributed by atoms with Crippen LogP contribution in [0.1, 0.15) is 0 Å². The minimum Gasteiger partial charge on any atom is -0.506 e. The predicted molar refractivity (Wildman–Crippen MR) is 50.8 cm³/mol. The van der Waals surface area contributed by atoms with Gasteiger partial charge in [-0.1, -0.05) is 36.5 Å². The topological polar surface area (TPSA) is 36.0 Å². The second-order valence-corrected chi connectivity index (χ2v) is 2.96. The number of aromatic hydroxyl groups is 1. The molecule has 0 atom stereocenters.